The van der Waals surface area contributed by atoms with Crippen molar-refractivity contribution in [1.82, 2.24) is 4.90 Å². The van der Waals surface area contributed by atoms with E-state index in [2.05, 4.69) is 62.5 Å². The molecule has 1 aliphatic heterocycles. The van der Waals surface area contributed by atoms with Crippen LogP contribution in [0.4, 0.5) is 0 Å². The van der Waals surface area contributed by atoms with Gasteiger partial charge in [-0.3, -0.25) is 4.79 Å². The van der Waals surface area contributed by atoms with Crippen molar-refractivity contribution in [2.75, 3.05) is 46.1 Å². The van der Waals surface area contributed by atoms with Gasteiger partial charge in [0.25, 0.3) is 0 Å². The monoisotopic (exact) mass is 756 g/mol. The van der Waals surface area contributed by atoms with Gasteiger partial charge in [-0.15, -0.1) is 0 Å². The smallest absolute Gasteiger partial charge is 0.239 e. The largest absolute Gasteiger partial charge is 0.381 e. The zero-order chi connectivity index (χ0) is 39.0. The van der Waals surface area contributed by atoms with Gasteiger partial charge in [0.15, 0.2) is 0 Å². The lowest BCUT2D eigenvalue weighted by Crippen LogP contribution is -2.43. The predicted molar refractivity (Wildman–Crippen MR) is 235 cm³/mol. The van der Waals surface area contributed by atoms with Gasteiger partial charge in [-0.1, -0.05) is 146 Å². The molecule has 0 unspecified atom stereocenters. The highest BCUT2D eigenvalue weighted by atomic mass is 16.5. The highest BCUT2D eigenvalue weighted by molar-refractivity contribution is 5.81. The van der Waals surface area contributed by atoms with Crippen LogP contribution in [0.2, 0.25) is 0 Å². The molecule has 0 bridgehead atoms. The molecule has 0 aromatic carbocycles. The van der Waals surface area contributed by atoms with Gasteiger partial charge in [-0.25, -0.2) is 0 Å². The third-order valence-corrected chi connectivity index (χ3v) is 10.8. The molecule has 6 heteroatoms. The lowest BCUT2D eigenvalue weighted by atomic mass is 9.98. The molecule has 1 fully saturated rings. The highest BCUT2D eigenvalue weighted by Gasteiger charge is 2.36. The van der Waals surface area contributed by atoms with Crippen LogP contribution in [0, 0.1) is 11.8 Å². The zero-order valence-corrected chi connectivity index (χ0v) is 35.7. The van der Waals surface area contributed by atoms with Crippen molar-refractivity contribution in [1.29, 1.82) is 0 Å². The number of likely N-dealkylation sites (tertiary alicyclic amines) is 1. The van der Waals surface area contributed by atoms with E-state index in [-0.39, 0.29) is 5.91 Å². The normalized spacial score (nSPS) is 17.1. The lowest BCUT2D eigenvalue weighted by molar-refractivity contribution is -0.132. The molecule has 1 saturated heterocycles. The summed E-state index contributed by atoms with van der Waals surface area (Å²) in [5, 5.41) is 0. The number of amides is 1. The maximum Gasteiger partial charge on any atom is 0.239 e. The average Bonchev–Trinajstić information content (AvgIpc) is 3.59. The molecule has 0 aromatic heterocycles. The summed E-state index contributed by atoms with van der Waals surface area (Å²) < 4.78 is 12.4. The van der Waals surface area contributed by atoms with Crippen molar-refractivity contribution < 1.29 is 14.3 Å². The van der Waals surface area contributed by atoms with Gasteiger partial charge < -0.3 is 25.8 Å². The van der Waals surface area contributed by atoms with E-state index in [0.717, 1.165) is 64.8 Å². The number of allylic oxidation sites excluding steroid dienone is 8. The quantitative estimate of drug-likeness (QED) is 0.0481. The highest BCUT2D eigenvalue weighted by Crippen LogP contribution is 2.26. The number of unbranched alkanes of at least 4 members (excludes halogenated alkanes) is 19. The second-order valence-electron chi connectivity index (χ2n) is 16.0. The summed E-state index contributed by atoms with van der Waals surface area (Å²) in [6, 6.07) is -0.436. The Labute approximate surface area is 335 Å². The molecule has 0 aromatic rings. The third-order valence-electron chi connectivity index (χ3n) is 10.8. The van der Waals surface area contributed by atoms with Gasteiger partial charge in [0, 0.05) is 38.1 Å². The van der Waals surface area contributed by atoms with Crippen molar-refractivity contribution in [3.05, 3.63) is 48.6 Å². The maximum absolute atomic E-state index is 13.2. The van der Waals surface area contributed by atoms with E-state index in [1.54, 1.807) is 0 Å². The van der Waals surface area contributed by atoms with Crippen LogP contribution in [0.5, 0.6) is 0 Å². The summed E-state index contributed by atoms with van der Waals surface area (Å²) in [5.41, 5.74) is 12.0. The minimum Gasteiger partial charge on any atom is -0.381 e. The van der Waals surface area contributed by atoms with E-state index in [4.69, 9.17) is 20.9 Å². The second-order valence-corrected chi connectivity index (χ2v) is 16.0. The van der Waals surface area contributed by atoms with Crippen LogP contribution < -0.4 is 11.5 Å². The molecule has 1 amide bonds. The Bertz CT molecular complexity index is 872. The minimum atomic E-state index is -0.436. The minimum absolute atomic E-state index is 0.0785. The van der Waals surface area contributed by atoms with E-state index >= 15 is 0 Å². The Morgan fingerprint density at radius 3 is 1.35 bits per heavy atom. The molecule has 3 atom stereocenters. The topological polar surface area (TPSA) is 90.8 Å². The van der Waals surface area contributed by atoms with E-state index in [9.17, 15) is 4.79 Å². The van der Waals surface area contributed by atoms with Gasteiger partial charge in [-0.2, -0.15) is 0 Å². The van der Waals surface area contributed by atoms with E-state index in [0.29, 0.717) is 38.0 Å². The molecular weight excluding hydrogens is 667 g/mol. The molecule has 1 heterocycles. The molecule has 6 nitrogen and oxygen atoms in total. The summed E-state index contributed by atoms with van der Waals surface area (Å²) in [7, 11) is 0. The first-order valence-electron chi connectivity index (χ1n) is 23.1. The Kier molecular flexibility index (Phi) is 36.8. The summed E-state index contributed by atoms with van der Waals surface area (Å²) in [5.74, 6) is 0.700. The van der Waals surface area contributed by atoms with E-state index < -0.39 is 6.04 Å². The summed E-state index contributed by atoms with van der Waals surface area (Å²) >= 11 is 0. The van der Waals surface area contributed by atoms with Gasteiger partial charge in [-0.05, 0) is 96.4 Å². The summed E-state index contributed by atoms with van der Waals surface area (Å²) in [4.78, 5) is 15.2. The number of carbonyl (C=O) groups excluding carboxylic acids is 1. The molecule has 1 aliphatic rings. The van der Waals surface area contributed by atoms with E-state index in [1.165, 1.54) is 128 Å². The number of hydrogen-bond donors (Lipinski definition) is 2. The standard InChI is InChI=1S/C48H89N3O3/c1-3-5-7-9-11-13-15-17-19-21-23-25-27-29-31-35-39-53-43-45-41-51(48(52)47(50)37-33-34-38-49)42-46(45)44-54-40-36-32-30-28-26-24-22-20-18-16-14-12-10-8-6-4-2/h11-14,17-20,45-47H,3-10,15-16,21-44,49-50H2,1-2H3/b13-11-,14-12-,19-17-,20-18-/t45-,46-,47-/m0/s1. The van der Waals surface area contributed by atoms with E-state index in [1.807, 2.05) is 4.90 Å². The average molecular weight is 756 g/mol. The lowest BCUT2D eigenvalue weighted by Gasteiger charge is -2.21. The van der Waals surface area contributed by atoms with Crippen LogP contribution in [-0.2, 0) is 14.3 Å². The molecule has 0 saturated carbocycles. The molecule has 1 rings (SSSR count). The van der Waals surface area contributed by atoms with Gasteiger partial charge in [0.05, 0.1) is 19.3 Å². The number of carbonyl (C=O) groups is 1. The number of nitrogens with zero attached hydrogens (tertiary/aromatic N) is 1. The molecule has 314 valence electrons. The molecule has 0 aliphatic carbocycles. The second kappa shape index (κ2) is 39.5. The first-order chi connectivity index (χ1) is 26.6. The SMILES string of the molecule is CCCCC/C=C\C/C=C\CCCCCCCCOC[C@@H]1CN(C(=O)[C@@H](N)CCCCN)C[C@H]1COCCCCCCCC/C=C\C/C=C\CCCCC. The first-order valence-corrected chi connectivity index (χ1v) is 23.1. The Morgan fingerprint density at radius 1 is 0.556 bits per heavy atom. The molecule has 0 spiro atoms. The maximum atomic E-state index is 13.2. The first kappa shape index (κ1) is 50.3. The van der Waals surface area contributed by atoms with Gasteiger partial charge in [0.1, 0.15) is 0 Å². The van der Waals surface area contributed by atoms with Crippen LogP contribution in [0.25, 0.3) is 0 Å². The fraction of sp³-hybridized carbons (Fsp3) is 0.812. The van der Waals surface area contributed by atoms with Crippen LogP contribution >= 0.6 is 0 Å². The molecular formula is C48H89N3O3. The predicted octanol–water partition coefficient (Wildman–Crippen LogP) is 12.2. The van der Waals surface area contributed by atoms with Crippen molar-refractivity contribution >= 4 is 5.91 Å². The molecule has 54 heavy (non-hydrogen) atoms. The van der Waals surface area contributed by atoms with Crippen molar-refractivity contribution in [3.8, 4) is 0 Å². The Balaban J connectivity index is 2.21. The van der Waals surface area contributed by atoms with Crippen molar-refractivity contribution in [2.45, 2.75) is 193 Å². The van der Waals surface area contributed by atoms with Crippen LogP contribution in [0.3, 0.4) is 0 Å². The molecule has 4 N–H and O–H groups in total. The summed E-state index contributed by atoms with van der Waals surface area (Å²) in [6.45, 7) is 9.63. The van der Waals surface area contributed by atoms with Crippen LogP contribution in [-0.4, -0.2) is 62.9 Å². The number of nitrogens with two attached hydrogens (primary N) is 2. The number of ether oxygens (including phenoxy) is 2. The van der Waals surface area contributed by atoms with Crippen LogP contribution in [0.1, 0.15) is 187 Å². The Hall–Kier alpha value is -1.73. The zero-order valence-electron chi connectivity index (χ0n) is 35.7. The van der Waals surface area contributed by atoms with Crippen molar-refractivity contribution in [3.63, 3.8) is 0 Å². The van der Waals surface area contributed by atoms with Gasteiger partial charge in [0.2, 0.25) is 5.91 Å². The summed E-state index contributed by atoms with van der Waals surface area (Å²) in [6.07, 6.45) is 51.2. The van der Waals surface area contributed by atoms with Gasteiger partial charge >= 0.3 is 0 Å². The van der Waals surface area contributed by atoms with Crippen molar-refractivity contribution in [2.24, 2.45) is 23.3 Å². The molecule has 0 radical (unpaired) electrons. The number of rotatable bonds is 39. The number of hydrogen-bond acceptors (Lipinski definition) is 5. The third kappa shape index (κ3) is 30.5. The Morgan fingerprint density at radius 2 is 0.944 bits per heavy atom. The fourth-order valence-corrected chi connectivity index (χ4v) is 7.22. The van der Waals surface area contributed by atoms with Crippen LogP contribution in [0.15, 0.2) is 48.6 Å². The fourth-order valence-electron chi connectivity index (χ4n) is 7.22.